The average Bonchev–Trinajstić information content (AvgIpc) is 3.12. The first-order valence-corrected chi connectivity index (χ1v) is 8.97. The molecule has 140 valence electrons. The molecule has 2 aromatic carbocycles. The Hall–Kier alpha value is -3.06. The summed E-state index contributed by atoms with van der Waals surface area (Å²) in [5.74, 6) is -0.641. The molecule has 1 atom stereocenters. The number of nitrogens with zero attached hydrogens (tertiary/aromatic N) is 1. The SMILES string of the molecule is O=C(Nc1ccccc1N1CCOCC1)C(=O)N[C@H]1COc2ccccc21. The Bertz CT molecular complexity index is 849. The summed E-state index contributed by atoms with van der Waals surface area (Å²) in [5, 5.41) is 5.48. The van der Waals surface area contributed by atoms with Crippen molar-refractivity contribution in [1.82, 2.24) is 5.32 Å². The molecule has 0 radical (unpaired) electrons. The van der Waals surface area contributed by atoms with Gasteiger partial charge in [-0.1, -0.05) is 30.3 Å². The van der Waals surface area contributed by atoms with Gasteiger partial charge in [0, 0.05) is 18.7 Å². The van der Waals surface area contributed by atoms with Crippen LogP contribution in [0.1, 0.15) is 11.6 Å². The zero-order valence-corrected chi connectivity index (χ0v) is 14.8. The minimum Gasteiger partial charge on any atom is -0.491 e. The molecule has 2 aromatic rings. The number of ether oxygens (including phenoxy) is 2. The molecule has 2 amide bonds. The first kappa shape index (κ1) is 17.4. The summed E-state index contributed by atoms with van der Waals surface area (Å²) in [6.07, 6.45) is 0. The number of hydrogen-bond acceptors (Lipinski definition) is 5. The molecule has 0 spiro atoms. The van der Waals surface area contributed by atoms with Crippen molar-refractivity contribution in [2.24, 2.45) is 0 Å². The van der Waals surface area contributed by atoms with Gasteiger partial charge < -0.3 is 25.0 Å². The molecule has 0 bridgehead atoms. The van der Waals surface area contributed by atoms with E-state index in [0.717, 1.165) is 30.1 Å². The zero-order chi connectivity index (χ0) is 18.6. The number of nitrogens with one attached hydrogen (secondary N) is 2. The van der Waals surface area contributed by atoms with E-state index in [-0.39, 0.29) is 6.04 Å². The predicted octanol–water partition coefficient (Wildman–Crippen LogP) is 1.71. The molecular weight excluding hydrogens is 346 g/mol. The van der Waals surface area contributed by atoms with Gasteiger partial charge in [-0.2, -0.15) is 0 Å². The summed E-state index contributed by atoms with van der Waals surface area (Å²) >= 11 is 0. The number of para-hydroxylation sites is 3. The molecule has 0 unspecified atom stereocenters. The van der Waals surface area contributed by atoms with Gasteiger partial charge in [-0.05, 0) is 18.2 Å². The fourth-order valence-corrected chi connectivity index (χ4v) is 3.34. The van der Waals surface area contributed by atoms with Crippen LogP contribution >= 0.6 is 0 Å². The van der Waals surface area contributed by atoms with Crippen molar-refractivity contribution >= 4 is 23.2 Å². The highest BCUT2D eigenvalue weighted by Crippen LogP contribution is 2.31. The summed E-state index contributed by atoms with van der Waals surface area (Å²) in [5.41, 5.74) is 2.38. The van der Waals surface area contributed by atoms with Gasteiger partial charge in [0.05, 0.1) is 30.6 Å². The van der Waals surface area contributed by atoms with Gasteiger partial charge in [-0.15, -0.1) is 0 Å². The number of fused-ring (bicyclic) bond motifs is 1. The van der Waals surface area contributed by atoms with E-state index in [0.29, 0.717) is 25.5 Å². The van der Waals surface area contributed by atoms with Crippen LogP contribution in [0.5, 0.6) is 5.75 Å². The minimum absolute atomic E-state index is 0.322. The monoisotopic (exact) mass is 367 g/mol. The lowest BCUT2D eigenvalue weighted by Gasteiger charge is -2.30. The third kappa shape index (κ3) is 3.73. The third-order valence-electron chi connectivity index (χ3n) is 4.72. The summed E-state index contributed by atoms with van der Waals surface area (Å²) in [7, 11) is 0. The van der Waals surface area contributed by atoms with Crippen molar-refractivity contribution in [2.75, 3.05) is 43.1 Å². The van der Waals surface area contributed by atoms with Gasteiger partial charge in [0.1, 0.15) is 12.4 Å². The molecule has 1 fully saturated rings. The molecule has 2 aliphatic heterocycles. The number of carbonyl (C=O) groups excluding carboxylic acids is 2. The summed E-state index contributed by atoms with van der Waals surface area (Å²) < 4.78 is 10.9. The van der Waals surface area contributed by atoms with Crippen LogP contribution < -0.4 is 20.3 Å². The first-order chi connectivity index (χ1) is 13.2. The summed E-state index contributed by atoms with van der Waals surface area (Å²) in [4.78, 5) is 27.0. The predicted molar refractivity (Wildman–Crippen MR) is 101 cm³/mol. The van der Waals surface area contributed by atoms with E-state index in [1.54, 1.807) is 6.07 Å². The first-order valence-electron chi connectivity index (χ1n) is 8.97. The topological polar surface area (TPSA) is 79.9 Å². The number of carbonyl (C=O) groups is 2. The minimum atomic E-state index is -0.694. The van der Waals surface area contributed by atoms with E-state index in [2.05, 4.69) is 15.5 Å². The number of anilines is 2. The molecule has 0 aliphatic carbocycles. The largest absolute Gasteiger partial charge is 0.491 e. The van der Waals surface area contributed by atoms with E-state index in [1.165, 1.54) is 0 Å². The number of benzene rings is 2. The van der Waals surface area contributed by atoms with Gasteiger partial charge in [-0.25, -0.2) is 0 Å². The van der Waals surface area contributed by atoms with Crippen molar-refractivity contribution in [3.05, 3.63) is 54.1 Å². The van der Waals surface area contributed by atoms with Gasteiger partial charge >= 0.3 is 11.8 Å². The molecule has 0 saturated carbocycles. The second-order valence-corrected chi connectivity index (χ2v) is 6.45. The van der Waals surface area contributed by atoms with E-state index in [9.17, 15) is 9.59 Å². The maximum absolute atomic E-state index is 12.4. The van der Waals surface area contributed by atoms with Gasteiger partial charge in [0.25, 0.3) is 0 Å². The van der Waals surface area contributed by atoms with Gasteiger partial charge in [-0.3, -0.25) is 9.59 Å². The third-order valence-corrected chi connectivity index (χ3v) is 4.72. The van der Waals surface area contributed by atoms with Crippen LogP contribution in [0.2, 0.25) is 0 Å². The molecule has 2 aliphatic rings. The highest BCUT2D eigenvalue weighted by Gasteiger charge is 2.28. The van der Waals surface area contributed by atoms with Crippen LogP contribution in [-0.4, -0.2) is 44.7 Å². The Morgan fingerprint density at radius 2 is 1.70 bits per heavy atom. The molecule has 0 aromatic heterocycles. The van der Waals surface area contributed by atoms with Crippen molar-refractivity contribution in [3.63, 3.8) is 0 Å². The zero-order valence-electron chi connectivity index (χ0n) is 14.8. The normalized spacial score (nSPS) is 18.4. The van der Waals surface area contributed by atoms with Crippen molar-refractivity contribution in [2.45, 2.75) is 6.04 Å². The lowest BCUT2D eigenvalue weighted by molar-refractivity contribution is -0.136. The lowest BCUT2D eigenvalue weighted by atomic mass is 10.1. The standard InChI is InChI=1S/C20H21N3O4/c24-19(20(25)22-16-13-27-18-8-4-1-5-14(16)18)21-15-6-2-3-7-17(15)23-9-11-26-12-10-23/h1-8,16H,9-13H2,(H,21,24)(H,22,25)/t16-/m0/s1. The van der Waals surface area contributed by atoms with Crippen LogP contribution in [0.4, 0.5) is 11.4 Å². The summed E-state index contributed by atoms with van der Waals surface area (Å²) in [6, 6.07) is 14.6. The van der Waals surface area contributed by atoms with E-state index >= 15 is 0 Å². The quantitative estimate of drug-likeness (QED) is 0.808. The highest BCUT2D eigenvalue weighted by molar-refractivity contribution is 6.40. The smallest absolute Gasteiger partial charge is 0.313 e. The second-order valence-electron chi connectivity index (χ2n) is 6.45. The lowest BCUT2D eigenvalue weighted by Crippen LogP contribution is -2.39. The Labute approximate surface area is 157 Å². The fourth-order valence-electron chi connectivity index (χ4n) is 3.34. The van der Waals surface area contributed by atoms with Crippen molar-refractivity contribution in [3.8, 4) is 5.75 Å². The molecule has 27 heavy (non-hydrogen) atoms. The maximum Gasteiger partial charge on any atom is 0.313 e. The van der Waals surface area contributed by atoms with E-state index < -0.39 is 11.8 Å². The van der Waals surface area contributed by atoms with Crippen LogP contribution in [0.3, 0.4) is 0 Å². The number of morpholine rings is 1. The molecular formula is C20H21N3O4. The van der Waals surface area contributed by atoms with Crippen LogP contribution in [0, 0.1) is 0 Å². The average molecular weight is 367 g/mol. The number of hydrogen-bond donors (Lipinski definition) is 2. The fraction of sp³-hybridized carbons (Fsp3) is 0.300. The Balaban J connectivity index is 1.43. The maximum atomic E-state index is 12.4. The Kier molecular flexibility index (Phi) is 4.93. The van der Waals surface area contributed by atoms with Crippen molar-refractivity contribution in [1.29, 1.82) is 0 Å². The molecule has 2 N–H and O–H groups in total. The Morgan fingerprint density at radius 3 is 2.56 bits per heavy atom. The van der Waals surface area contributed by atoms with Gasteiger partial charge in [0.2, 0.25) is 0 Å². The molecule has 4 rings (SSSR count). The molecule has 2 heterocycles. The van der Waals surface area contributed by atoms with E-state index in [4.69, 9.17) is 9.47 Å². The number of rotatable bonds is 3. The highest BCUT2D eigenvalue weighted by atomic mass is 16.5. The molecule has 1 saturated heterocycles. The van der Waals surface area contributed by atoms with Crippen molar-refractivity contribution < 1.29 is 19.1 Å². The van der Waals surface area contributed by atoms with Crippen LogP contribution in [0.25, 0.3) is 0 Å². The molecule has 7 nitrogen and oxygen atoms in total. The second kappa shape index (κ2) is 7.67. The van der Waals surface area contributed by atoms with Crippen LogP contribution in [0.15, 0.2) is 48.5 Å². The molecule has 7 heteroatoms. The number of amides is 2. The Morgan fingerprint density at radius 1 is 0.963 bits per heavy atom. The summed E-state index contributed by atoms with van der Waals surface area (Å²) in [6.45, 7) is 3.10. The van der Waals surface area contributed by atoms with Gasteiger partial charge in [0.15, 0.2) is 0 Å². The van der Waals surface area contributed by atoms with E-state index in [1.807, 2.05) is 42.5 Å². The van der Waals surface area contributed by atoms with Crippen LogP contribution in [-0.2, 0) is 14.3 Å².